The number of aromatic nitrogens is 2. The van der Waals surface area contributed by atoms with Gasteiger partial charge in [0.05, 0.1) is 7.11 Å². The number of anilines is 1. The fourth-order valence-electron chi connectivity index (χ4n) is 1.49. The van der Waals surface area contributed by atoms with E-state index in [-0.39, 0.29) is 21.8 Å². The summed E-state index contributed by atoms with van der Waals surface area (Å²) in [6.45, 7) is 0. The molecular formula is C13H9Cl2N3O3. The van der Waals surface area contributed by atoms with E-state index in [1.165, 1.54) is 7.11 Å². The summed E-state index contributed by atoms with van der Waals surface area (Å²) in [7, 11) is 1.18. The van der Waals surface area contributed by atoms with Crippen LogP contribution in [0, 0.1) is 0 Å². The molecule has 0 aliphatic carbocycles. The van der Waals surface area contributed by atoms with Gasteiger partial charge in [-0.3, -0.25) is 4.79 Å². The number of hydrogen-bond donors (Lipinski definition) is 1. The monoisotopic (exact) mass is 325 g/mol. The third kappa shape index (κ3) is 3.48. The number of rotatable bonds is 3. The van der Waals surface area contributed by atoms with Crippen molar-refractivity contribution in [1.82, 2.24) is 9.97 Å². The molecule has 0 radical (unpaired) electrons. The highest BCUT2D eigenvalue weighted by Gasteiger charge is 2.20. The summed E-state index contributed by atoms with van der Waals surface area (Å²) in [5.74, 6) is -1.37. The minimum absolute atomic E-state index is 0.120. The van der Waals surface area contributed by atoms with E-state index < -0.39 is 11.9 Å². The zero-order valence-corrected chi connectivity index (χ0v) is 12.3. The van der Waals surface area contributed by atoms with Gasteiger partial charge < -0.3 is 10.1 Å². The van der Waals surface area contributed by atoms with Crippen molar-refractivity contribution in [3.63, 3.8) is 0 Å². The van der Waals surface area contributed by atoms with Crippen molar-refractivity contribution in [2.24, 2.45) is 0 Å². The maximum atomic E-state index is 12.1. The second kappa shape index (κ2) is 6.51. The average Bonchev–Trinajstić information content (AvgIpc) is 2.50. The molecule has 8 heteroatoms. The summed E-state index contributed by atoms with van der Waals surface area (Å²) in [6.07, 6.45) is 0. The molecule has 6 nitrogen and oxygen atoms in total. The van der Waals surface area contributed by atoms with E-state index in [0.29, 0.717) is 5.56 Å². The lowest BCUT2D eigenvalue weighted by Gasteiger charge is -2.09. The van der Waals surface area contributed by atoms with E-state index in [2.05, 4.69) is 20.0 Å². The van der Waals surface area contributed by atoms with Crippen LogP contribution in [0.25, 0.3) is 0 Å². The minimum Gasteiger partial charge on any atom is -0.464 e. The lowest BCUT2D eigenvalue weighted by molar-refractivity contribution is 0.0595. The maximum absolute atomic E-state index is 12.1. The molecule has 0 aliphatic heterocycles. The molecule has 0 spiro atoms. The van der Waals surface area contributed by atoms with Gasteiger partial charge in [-0.1, -0.05) is 41.4 Å². The van der Waals surface area contributed by atoms with Gasteiger partial charge in [0.2, 0.25) is 0 Å². The predicted octanol–water partition coefficient (Wildman–Crippen LogP) is 2.82. The van der Waals surface area contributed by atoms with Crippen LogP contribution in [0.1, 0.15) is 20.8 Å². The Kier molecular flexibility index (Phi) is 4.72. The molecule has 1 N–H and O–H groups in total. The van der Waals surface area contributed by atoms with E-state index in [9.17, 15) is 9.59 Å². The Morgan fingerprint density at radius 3 is 2.33 bits per heavy atom. The molecule has 1 heterocycles. The smallest absolute Gasteiger partial charge is 0.360 e. The van der Waals surface area contributed by atoms with Gasteiger partial charge in [-0.15, -0.1) is 0 Å². The van der Waals surface area contributed by atoms with Gasteiger partial charge in [-0.05, 0) is 12.1 Å². The molecule has 0 atom stereocenters. The molecule has 21 heavy (non-hydrogen) atoms. The van der Waals surface area contributed by atoms with Gasteiger partial charge in [0.25, 0.3) is 5.91 Å². The van der Waals surface area contributed by atoms with Crippen LogP contribution in [0.4, 0.5) is 5.82 Å². The van der Waals surface area contributed by atoms with E-state index in [0.717, 1.165) is 0 Å². The van der Waals surface area contributed by atoms with Crippen molar-refractivity contribution in [1.29, 1.82) is 0 Å². The normalized spacial score (nSPS) is 10.0. The molecule has 1 amide bonds. The molecule has 1 aromatic carbocycles. The Labute approximate surface area is 130 Å². The number of nitrogens with zero attached hydrogens (tertiary/aromatic N) is 2. The maximum Gasteiger partial charge on any atom is 0.360 e. The molecule has 108 valence electrons. The number of nitrogens with one attached hydrogen (secondary N) is 1. The highest BCUT2D eigenvalue weighted by atomic mass is 35.5. The van der Waals surface area contributed by atoms with Crippen molar-refractivity contribution < 1.29 is 14.3 Å². The second-order valence-electron chi connectivity index (χ2n) is 3.81. The number of methoxy groups -OCH3 is 1. The highest BCUT2D eigenvalue weighted by molar-refractivity contribution is 6.40. The Hall–Kier alpha value is -2.18. The topological polar surface area (TPSA) is 81.2 Å². The molecule has 0 bridgehead atoms. The zero-order chi connectivity index (χ0) is 15.4. The first-order valence-corrected chi connectivity index (χ1v) is 6.46. The third-order valence-electron chi connectivity index (χ3n) is 2.46. The van der Waals surface area contributed by atoms with Crippen LogP contribution < -0.4 is 5.32 Å². The van der Waals surface area contributed by atoms with Gasteiger partial charge in [0.1, 0.15) is 0 Å². The van der Waals surface area contributed by atoms with Gasteiger partial charge in [0, 0.05) is 5.56 Å². The van der Waals surface area contributed by atoms with Crippen LogP contribution >= 0.6 is 23.2 Å². The molecule has 0 saturated carbocycles. The van der Waals surface area contributed by atoms with Crippen molar-refractivity contribution in [3.8, 4) is 0 Å². The van der Waals surface area contributed by atoms with E-state index in [1.54, 1.807) is 30.3 Å². The Balaban J connectivity index is 2.37. The first kappa shape index (κ1) is 15.2. The van der Waals surface area contributed by atoms with E-state index in [1.807, 2.05) is 0 Å². The molecule has 0 saturated heterocycles. The van der Waals surface area contributed by atoms with Crippen LogP contribution in [0.15, 0.2) is 30.3 Å². The summed E-state index contributed by atoms with van der Waals surface area (Å²) >= 11 is 11.5. The summed E-state index contributed by atoms with van der Waals surface area (Å²) < 4.78 is 4.56. The Bertz CT molecular complexity index is 693. The second-order valence-corrected chi connectivity index (χ2v) is 4.53. The van der Waals surface area contributed by atoms with Crippen LogP contribution in [-0.2, 0) is 4.74 Å². The predicted molar refractivity (Wildman–Crippen MR) is 77.8 cm³/mol. The quantitative estimate of drug-likeness (QED) is 0.877. The largest absolute Gasteiger partial charge is 0.464 e. The standard InChI is InChI=1S/C13H9Cl2N3O3/c1-21-13(20)8-11(17-10(15)9(14)16-8)18-12(19)7-5-3-2-4-6-7/h2-6H,1H3,(H,17,18,19). The number of halogens is 2. The number of benzene rings is 1. The van der Waals surface area contributed by atoms with Crippen LogP contribution in [0.3, 0.4) is 0 Å². The summed E-state index contributed by atoms with van der Waals surface area (Å²) in [5, 5.41) is 2.16. The van der Waals surface area contributed by atoms with Gasteiger partial charge in [-0.2, -0.15) is 0 Å². The number of amides is 1. The lowest BCUT2D eigenvalue weighted by atomic mass is 10.2. The molecule has 2 rings (SSSR count). The summed E-state index contributed by atoms with van der Waals surface area (Å²) in [6, 6.07) is 8.40. The molecule has 0 aliphatic rings. The summed E-state index contributed by atoms with van der Waals surface area (Å²) in [5.41, 5.74) is 0.164. The Morgan fingerprint density at radius 1 is 1.10 bits per heavy atom. The highest BCUT2D eigenvalue weighted by Crippen LogP contribution is 2.22. The van der Waals surface area contributed by atoms with Crippen molar-refractivity contribution in [2.45, 2.75) is 0 Å². The van der Waals surface area contributed by atoms with Gasteiger partial charge >= 0.3 is 5.97 Å². The summed E-state index contributed by atoms with van der Waals surface area (Å²) in [4.78, 5) is 31.3. The molecule has 0 unspecified atom stereocenters. The number of esters is 1. The molecule has 2 aromatic rings. The Morgan fingerprint density at radius 2 is 1.71 bits per heavy atom. The minimum atomic E-state index is -0.788. The van der Waals surface area contributed by atoms with Crippen molar-refractivity contribution in [3.05, 3.63) is 51.9 Å². The zero-order valence-electron chi connectivity index (χ0n) is 10.8. The first-order valence-electron chi connectivity index (χ1n) is 5.70. The number of carbonyl (C=O) groups excluding carboxylic acids is 2. The molecular weight excluding hydrogens is 317 g/mol. The lowest BCUT2D eigenvalue weighted by Crippen LogP contribution is -2.18. The van der Waals surface area contributed by atoms with Crippen molar-refractivity contribution >= 4 is 40.9 Å². The van der Waals surface area contributed by atoms with Gasteiger partial charge in [0.15, 0.2) is 21.8 Å². The van der Waals surface area contributed by atoms with Crippen LogP contribution in [0.5, 0.6) is 0 Å². The third-order valence-corrected chi connectivity index (χ3v) is 3.08. The van der Waals surface area contributed by atoms with Crippen LogP contribution in [0.2, 0.25) is 10.3 Å². The fraction of sp³-hybridized carbons (Fsp3) is 0.0769. The molecule has 1 aromatic heterocycles. The molecule has 0 fully saturated rings. The number of hydrogen-bond acceptors (Lipinski definition) is 5. The van der Waals surface area contributed by atoms with E-state index in [4.69, 9.17) is 23.2 Å². The van der Waals surface area contributed by atoms with Crippen molar-refractivity contribution in [2.75, 3.05) is 12.4 Å². The average molecular weight is 326 g/mol. The van der Waals surface area contributed by atoms with Crippen LogP contribution in [-0.4, -0.2) is 29.0 Å². The first-order chi connectivity index (χ1) is 10.0. The number of ether oxygens (including phenoxy) is 1. The van der Waals surface area contributed by atoms with E-state index >= 15 is 0 Å². The fourth-order valence-corrected chi connectivity index (χ4v) is 1.74. The number of carbonyl (C=O) groups is 2. The van der Waals surface area contributed by atoms with Gasteiger partial charge in [-0.25, -0.2) is 14.8 Å². The SMILES string of the molecule is COC(=O)c1nc(Cl)c(Cl)nc1NC(=O)c1ccccc1.